The summed E-state index contributed by atoms with van der Waals surface area (Å²) in [5, 5.41) is 7.64. The fourth-order valence-corrected chi connectivity index (χ4v) is 3.10. The van der Waals surface area contributed by atoms with Gasteiger partial charge in [-0.25, -0.2) is 0 Å². The van der Waals surface area contributed by atoms with E-state index in [9.17, 15) is 0 Å². The summed E-state index contributed by atoms with van der Waals surface area (Å²) in [4.78, 5) is 2.43. The molecular formula is C18H20ClN3S. The fourth-order valence-electron chi connectivity index (χ4n) is 2.72. The Morgan fingerprint density at radius 1 is 1.09 bits per heavy atom. The summed E-state index contributed by atoms with van der Waals surface area (Å²) in [5.41, 5.74) is 3.41. The molecule has 0 aromatic heterocycles. The number of anilines is 2. The Kier molecular flexibility index (Phi) is 5.36. The molecule has 0 atom stereocenters. The van der Waals surface area contributed by atoms with Gasteiger partial charge in [-0.15, -0.1) is 0 Å². The third kappa shape index (κ3) is 4.60. The molecule has 2 aromatic carbocycles. The number of rotatable bonds is 4. The predicted octanol–water partition coefficient (Wildman–Crippen LogP) is 4.43. The highest BCUT2D eigenvalue weighted by atomic mass is 35.5. The van der Waals surface area contributed by atoms with E-state index in [2.05, 4.69) is 39.8 Å². The molecule has 0 radical (unpaired) electrons. The van der Waals surface area contributed by atoms with Crippen LogP contribution in [0.15, 0.2) is 48.5 Å². The van der Waals surface area contributed by atoms with Crippen LogP contribution in [0, 0.1) is 0 Å². The number of halogens is 1. The van der Waals surface area contributed by atoms with Gasteiger partial charge >= 0.3 is 0 Å². The van der Waals surface area contributed by atoms with Crippen LogP contribution in [0.4, 0.5) is 11.4 Å². The molecule has 2 aromatic rings. The average molecular weight is 346 g/mol. The second-order valence-electron chi connectivity index (χ2n) is 5.68. The van der Waals surface area contributed by atoms with Gasteiger partial charge in [-0.3, -0.25) is 0 Å². The largest absolute Gasteiger partial charge is 0.372 e. The van der Waals surface area contributed by atoms with E-state index in [1.807, 2.05) is 24.3 Å². The van der Waals surface area contributed by atoms with E-state index >= 15 is 0 Å². The van der Waals surface area contributed by atoms with Gasteiger partial charge < -0.3 is 15.5 Å². The standard InChI is InChI=1S/C18H20ClN3S/c19-15-4-3-5-16(12-15)21-18(23)20-13-14-6-8-17(9-7-14)22-10-1-2-11-22/h3-9,12H,1-2,10-11,13H2,(H2,20,21,23). The number of nitrogens with one attached hydrogen (secondary N) is 2. The Morgan fingerprint density at radius 2 is 1.83 bits per heavy atom. The van der Waals surface area contributed by atoms with Crippen LogP contribution in [0.25, 0.3) is 0 Å². The molecule has 3 nitrogen and oxygen atoms in total. The number of benzene rings is 2. The van der Waals surface area contributed by atoms with Gasteiger partial charge in [0.05, 0.1) is 0 Å². The third-order valence-electron chi connectivity index (χ3n) is 3.94. The minimum atomic E-state index is 0.593. The van der Waals surface area contributed by atoms with Crippen molar-refractivity contribution in [2.45, 2.75) is 19.4 Å². The minimum absolute atomic E-state index is 0.593. The molecule has 0 saturated carbocycles. The second-order valence-corrected chi connectivity index (χ2v) is 6.52. The number of thiocarbonyl (C=S) groups is 1. The van der Waals surface area contributed by atoms with Crippen LogP contribution in [0.3, 0.4) is 0 Å². The van der Waals surface area contributed by atoms with Crippen molar-refractivity contribution in [1.82, 2.24) is 5.32 Å². The highest BCUT2D eigenvalue weighted by Crippen LogP contribution is 2.20. The molecule has 1 heterocycles. The smallest absolute Gasteiger partial charge is 0.171 e. The van der Waals surface area contributed by atoms with Crippen LogP contribution in [0.1, 0.15) is 18.4 Å². The maximum Gasteiger partial charge on any atom is 0.171 e. The second kappa shape index (κ2) is 7.66. The summed E-state index contributed by atoms with van der Waals surface area (Å²) < 4.78 is 0. The van der Waals surface area contributed by atoms with E-state index in [0.29, 0.717) is 16.7 Å². The summed E-state index contributed by atoms with van der Waals surface area (Å²) in [6.07, 6.45) is 2.60. The van der Waals surface area contributed by atoms with E-state index in [4.69, 9.17) is 23.8 Å². The highest BCUT2D eigenvalue weighted by molar-refractivity contribution is 7.80. The van der Waals surface area contributed by atoms with Crippen molar-refractivity contribution in [2.24, 2.45) is 0 Å². The van der Waals surface area contributed by atoms with Crippen molar-refractivity contribution < 1.29 is 0 Å². The molecule has 1 saturated heterocycles. The molecule has 0 amide bonds. The Morgan fingerprint density at radius 3 is 2.52 bits per heavy atom. The zero-order chi connectivity index (χ0) is 16.1. The van der Waals surface area contributed by atoms with E-state index in [1.54, 1.807) is 0 Å². The van der Waals surface area contributed by atoms with Gasteiger partial charge in [-0.2, -0.15) is 0 Å². The number of nitrogens with zero attached hydrogens (tertiary/aromatic N) is 1. The lowest BCUT2D eigenvalue weighted by molar-refractivity contribution is 0.921. The lowest BCUT2D eigenvalue weighted by atomic mass is 10.2. The van der Waals surface area contributed by atoms with Crippen molar-refractivity contribution in [3.8, 4) is 0 Å². The predicted molar refractivity (Wildman–Crippen MR) is 102 cm³/mol. The molecule has 1 aliphatic rings. The molecule has 1 aliphatic heterocycles. The highest BCUT2D eigenvalue weighted by Gasteiger charge is 2.11. The summed E-state index contributed by atoms with van der Waals surface area (Å²) >= 11 is 11.3. The van der Waals surface area contributed by atoms with Crippen molar-refractivity contribution in [1.29, 1.82) is 0 Å². The SMILES string of the molecule is S=C(NCc1ccc(N2CCCC2)cc1)Nc1cccc(Cl)c1. The maximum atomic E-state index is 5.96. The fraction of sp³-hybridized carbons (Fsp3) is 0.278. The molecule has 120 valence electrons. The van der Waals surface area contributed by atoms with Gasteiger partial charge in [0.15, 0.2) is 5.11 Å². The molecule has 5 heteroatoms. The molecule has 0 unspecified atom stereocenters. The summed E-state index contributed by atoms with van der Waals surface area (Å²) in [6, 6.07) is 16.2. The topological polar surface area (TPSA) is 27.3 Å². The quantitative estimate of drug-likeness (QED) is 0.802. The van der Waals surface area contributed by atoms with E-state index < -0.39 is 0 Å². The lowest BCUT2D eigenvalue weighted by Crippen LogP contribution is -2.27. The normalized spacial score (nSPS) is 13.9. The average Bonchev–Trinajstić information content (AvgIpc) is 3.08. The van der Waals surface area contributed by atoms with Gasteiger partial charge in [0.25, 0.3) is 0 Å². The zero-order valence-electron chi connectivity index (χ0n) is 12.9. The zero-order valence-corrected chi connectivity index (χ0v) is 14.5. The number of hydrogen-bond acceptors (Lipinski definition) is 2. The van der Waals surface area contributed by atoms with Crippen molar-refractivity contribution in [2.75, 3.05) is 23.3 Å². The molecule has 23 heavy (non-hydrogen) atoms. The minimum Gasteiger partial charge on any atom is -0.372 e. The van der Waals surface area contributed by atoms with Crippen molar-refractivity contribution >= 4 is 40.3 Å². The molecule has 0 bridgehead atoms. The summed E-state index contributed by atoms with van der Waals surface area (Å²) in [6.45, 7) is 3.04. The molecule has 1 fully saturated rings. The first kappa shape index (κ1) is 16.1. The number of hydrogen-bond donors (Lipinski definition) is 2. The van der Waals surface area contributed by atoms with Crippen LogP contribution >= 0.6 is 23.8 Å². The van der Waals surface area contributed by atoms with Gasteiger partial charge in [0.2, 0.25) is 0 Å². The van der Waals surface area contributed by atoms with Crippen LogP contribution in [0.5, 0.6) is 0 Å². The van der Waals surface area contributed by atoms with E-state index in [-0.39, 0.29) is 0 Å². The van der Waals surface area contributed by atoms with Crippen LogP contribution < -0.4 is 15.5 Å². The van der Waals surface area contributed by atoms with Gasteiger partial charge in [0, 0.05) is 36.0 Å². The maximum absolute atomic E-state index is 5.96. The molecule has 2 N–H and O–H groups in total. The first-order chi connectivity index (χ1) is 11.2. The van der Waals surface area contributed by atoms with E-state index in [0.717, 1.165) is 5.69 Å². The molecule has 0 spiro atoms. The lowest BCUT2D eigenvalue weighted by Gasteiger charge is -2.18. The van der Waals surface area contributed by atoms with Crippen LogP contribution in [-0.4, -0.2) is 18.2 Å². The van der Waals surface area contributed by atoms with Crippen molar-refractivity contribution in [3.05, 3.63) is 59.1 Å². The van der Waals surface area contributed by atoms with Crippen LogP contribution in [-0.2, 0) is 6.54 Å². The Hall–Kier alpha value is -1.78. The molecular weight excluding hydrogens is 326 g/mol. The van der Waals surface area contributed by atoms with Gasteiger partial charge in [0.1, 0.15) is 0 Å². The summed E-state index contributed by atoms with van der Waals surface area (Å²) in [5.74, 6) is 0. The molecule has 3 rings (SSSR count). The van der Waals surface area contributed by atoms with E-state index in [1.165, 1.54) is 37.2 Å². The first-order valence-corrected chi connectivity index (χ1v) is 8.64. The third-order valence-corrected chi connectivity index (χ3v) is 4.42. The van der Waals surface area contributed by atoms with Crippen molar-refractivity contribution in [3.63, 3.8) is 0 Å². The first-order valence-electron chi connectivity index (χ1n) is 7.85. The Labute approximate surface area is 147 Å². The van der Waals surface area contributed by atoms with Gasteiger partial charge in [-0.05, 0) is 61.0 Å². The van der Waals surface area contributed by atoms with Gasteiger partial charge in [-0.1, -0.05) is 29.8 Å². The summed E-state index contributed by atoms with van der Waals surface area (Å²) in [7, 11) is 0. The molecule has 0 aliphatic carbocycles. The Bertz CT molecular complexity index is 666. The monoisotopic (exact) mass is 345 g/mol. The van der Waals surface area contributed by atoms with Crippen LogP contribution in [0.2, 0.25) is 5.02 Å². The Balaban J connectivity index is 1.50.